The number of anilines is 1. The molecule has 0 fully saturated rings. The van der Waals surface area contributed by atoms with Gasteiger partial charge in [0.1, 0.15) is 21.9 Å². The molecule has 0 unspecified atom stereocenters. The number of nitrogens with one attached hydrogen (secondary N) is 2. The molecular formula is C22H14ClF3N6O2S. The van der Waals surface area contributed by atoms with Gasteiger partial charge in [-0.2, -0.15) is 13.2 Å². The number of pyridine rings is 1. The molecule has 0 aliphatic rings. The highest BCUT2D eigenvalue weighted by Crippen LogP contribution is 2.36. The number of aromatic nitrogens is 4. The standard InChI is InChI=1S/C22H14ClF3N6O2S/c23-15-2-1-13(7-14(15)22(24,25)26)32-21(34)18-9-28-19(35-18)10-29-20(33)17-8-16(30-11-31-17)12-3-5-27-6-4-12/h1-9,11H,10H2,(H,29,33)(H,32,34). The third-order valence-electron chi connectivity index (χ3n) is 4.58. The quantitative estimate of drug-likeness (QED) is 0.377. The molecule has 0 saturated heterocycles. The molecule has 13 heteroatoms. The number of alkyl halides is 3. The average molecular weight is 519 g/mol. The molecular weight excluding hydrogens is 505 g/mol. The third kappa shape index (κ3) is 5.97. The summed E-state index contributed by atoms with van der Waals surface area (Å²) in [5, 5.41) is 5.00. The Balaban J connectivity index is 1.38. The molecule has 8 nitrogen and oxygen atoms in total. The van der Waals surface area contributed by atoms with E-state index in [9.17, 15) is 22.8 Å². The minimum Gasteiger partial charge on any atom is -0.344 e. The van der Waals surface area contributed by atoms with Crippen molar-refractivity contribution in [1.82, 2.24) is 25.3 Å². The molecule has 1 aromatic carbocycles. The van der Waals surface area contributed by atoms with Gasteiger partial charge in [-0.05, 0) is 36.4 Å². The molecule has 4 aromatic rings. The average Bonchev–Trinajstić information content (AvgIpc) is 3.33. The number of halogens is 4. The minimum absolute atomic E-state index is 0.0184. The van der Waals surface area contributed by atoms with Gasteiger partial charge in [-0.25, -0.2) is 15.0 Å². The van der Waals surface area contributed by atoms with Crippen LogP contribution in [0, 0.1) is 0 Å². The predicted octanol–water partition coefficient (Wildman–Crippen LogP) is 4.85. The van der Waals surface area contributed by atoms with Gasteiger partial charge in [-0.3, -0.25) is 14.6 Å². The lowest BCUT2D eigenvalue weighted by Gasteiger charge is -2.11. The van der Waals surface area contributed by atoms with Gasteiger partial charge < -0.3 is 10.6 Å². The fourth-order valence-electron chi connectivity index (χ4n) is 2.92. The summed E-state index contributed by atoms with van der Waals surface area (Å²) in [5.41, 5.74) is 0.349. The number of amides is 2. The summed E-state index contributed by atoms with van der Waals surface area (Å²) in [4.78, 5) is 41.2. The van der Waals surface area contributed by atoms with E-state index in [4.69, 9.17) is 11.6 Å². The molecule has 0 spiro atoms. The second-order valence-electron chi connectivity index (χ2n) is 6.97. The summed E-state index contributed by atoms with van der Waals surface area (Å²) in [5.74, 6) is -1.11. The van der Waals surface area contributed by atoms with Crippen molar-refractivity contribution in [2.75, 3.05) is 5.32 Å². The van der Waals surface area contributed by atoms with Crippen LogP contribution in [0.25, 0.3) is 11.3 Å². The zero-order valence-corrected chi connectivity index (χ0v) is 19.1. The van der Waals surface area contributed by atoms with Gasteiger partial charge in [0.25, 0.3) is 11.8 Å². The Morgan fingerprint density at radius 3 is 2.51 bits per heavy atom. The largest absolute Gasteiger partial charge is 0.417 e. The Bertz CT molecular complexity index is 1380. The number of carbonyl (C=O) groups is 2. The lowest BCUT2D eigenvalue weighted by Crippen LogP contribution is -2.23. The number of hydrogen-bond acceptors (Lipinski definition) is 7. The van der Waals surface area contributed by atoms with Crippen LogP contribution in [-0.4, -0.2) is 31.8 Å². The molecule has 35 heavy (non-hydrogen) atoms. The Labute approximate surface area is 205 Å². The number of benzene rings is 1. The van der Waals surface area contributed by atoms with E-state index in [0.29, 0.717) is 10.7 Å². The van der Waals surface area contributed by atoms with Crippen molar-refractivity contribution in [1.29, 1.82) is 0 Å². The first-order valence-electron chi connectivity index (χ1n) is 9.84. The van der Waals surface area contributed by atoms with Crippen LogP contribution in [0.2, 0.25) is 5.02 Å². The highest BCUT2D eigenvalue weighted by molar-refractivity contribution is 7.13. The normalized spacial score (nSPS) is 11.2. The van der Waals surface area contributed by atoms with Crippen LogP contribution in [0.5, 0.6) is 0 Å². The second-order valence-corrected chi connectivity index (χ2v) is 8.49. The van der Waals surface area contributed by atoms with E-state index in [1.165, 1.54) is 24.7 Å². The van der Waals surface area contributed by atoms with Gasteiger partial charge in [0.15, 0.2) is 0 Å². The van der Waals surface area contributed by atoms with Crippen LogP contribution in [-0.2, 0) is 12.7 Å². The van der Waals surface area contributed by atoms with E-state index >= 15 is 0 Å². The van der Waals surface area contributed by atoms with Crippen molar-refractivity contribution in [3.8, 4) is 11.3 Å². The zero-order valence-electron chi connectivity index (χ0n) is 17.5. The molecule has 0 radical (unpaired) electrons. The van der Waals surface area contributed by atoms with Crippen molar-refractivity contribution in [2.24, 2.45) is 0 Å². The summed E-state index contributed by atoms with van der Waals surface area (Å²) in [6.45, 7) is 0.0184. The maximum atomic E-state index is 13.0. The number of nitrogens with zero attached hydrogens (tertiary/aromatic N) is 4. The van der Waals surface area contributed by atoms with Crippen molar-refractivity contribution >= 4 is 40.4 Å². The highest BCUT2D eigenvalue weighted by atomic mass is 35.5. The molecule has 0 saturated carbocycles. The Morgan fingerprint density at radius 2 is 1.77 bits per heavy atom. The first kappa shape index (κ1) is 24.2. The molecule has 3 heterocycles. The van der Waals surface area contributed by atoms with Gasteiger partial charge in [0, 0.05) is 23.6 Å². The monoisotopic (exact) mass is 518 g/mol. The number of thiazole rings is 1. The minimum atomic E-state index is -4.66. The van der Waals surface area contributed by atoms with Gasteiger partial charge >= 0.3 is 6.18 Å². The van der Waals surface area contributed by atoms with Crippen LogP contribution in [0.1, 0.15) is 30.7 Å². The maximum absolute atomic E-state index is 13.0. The molecule has 0 bridgehead atoms. The topological polar surface area (TPSA) is 110 Å². The lowest BCUT2D eigenvalue weighted by molar-refractivity contribution is -0.137. The Kier molecular flexibility index (Phi) is 7.03. The molecule has 0 atom stereocenters. The summed E-state index contributed by atoms with van der Waals surface area (Å²) in [7, 11) is 0. The van der Waals surface area contributed by atoms with E-state index in [1.54, 1.807) is 24.5 Å². The van der Waals surface area contributed by atoms with Crippen LogP contribution in [0.3, 0.4) is 0 Å². The lowest BCUT2D eigenvalue weighted by atomic mass is 10.2. The third-order valence-corrected chi connectivity index (χ3v) is 5.91. The summed E-state index contributed by atoms with van der Waals surface area (Å²) in [6, 6.07) is 8.11. The van der Waals surface area contributed by atoms with Gasteiger partial charge in [0.2, 0.25) is 0 Å². The smallest absolute Gasteiger partial charge is 0.344 e. The molecule has 4 rings (SSSR count). The first-order valence-corrected chi connectivity index (χ1v) is 11.0. The van der Waals surface area contributed by atoms with Crippen LogP contribution in [0.15, 0.2) is 61.3 Å². The van der Waals surface area contributed by atoms with E-state index in [1.807, 2.05) is 0 Å². The van der Waals surface area contributed by atoms with Crippen LogP contribution in [0.4, 0.5) is 18.9 Å². The van der Waals surface area contributed by atoms with Crippen LogP contribution >= 0.6 is 22.9 Å². The molecule has 0 aliphatic heterocycles. The summed E-state index contributed by atoms with van der Waals surface area (Å²) in [6.07, 6.45) is 1.10. The highest BCUT2D eigenvalue weighted by Gasteiger charge is 2.33. The molecule has 2 N–H and O–H groups in total. The summed E-state index contributed by atoms with van der Waals surface area (Å²) < 4.78 is 39.1. The molecule has 0 aliphatic carbocycles. The van der Waals surface area contributed by atoms with Crippen molar-refractivity contribution < 1.29 is 22.8 Å². The van der Waals surface area contributed by atoms with Gasteiger partial charge in [-0.15, -0.1) is 11.3 Å². The molecule has 178 valence electrons. The van der Waals surface area contributed by atoms with Gasteiger partial charge in [0.05, 0.1) is 29.0 Å². The fraction of sp³-hybridized carbons (Fsp3) is 0.0909. The number of carbonyl (C=O) groups excluding carboxylic acids is 2. The van der Waals surface area contributed by atoms with Crippen molar-refractivity contribution in [3.63, 3.8) is 0 Å². The molecule has 2 amide bonds. The SMILES string of the molecule is O=C(NCc1ncc(C(=O)Nc2ccc(Cl)c(C(F)(F)F)c2)s1)c1cc(-c2ccncc2)ncn1. The fourth-order valence-corrected chi connectivity index (χ4v) is 3.90. The van der Waals surface area contributed by atoms with E-state index in [2.05, 4.69) is 30.6 Å². The van der Waals surface area contributed by atoms with Crippen molar-refractivity contribution in [3.05, 3.63) is 87.5 Å². The zero-order chi connectivity index (χ0) is 25.0. The summed E-state index contributed by atoms with van der Waals surface area (Å²) >= 11 is 6.58. The molecule has 3 aromatic heterocycles. The second kappa shape index (κ2) is 10.2. The van der Waals surface area contributed by atoms with Gasteiger partial charge in [-0.1, -0.05) is 11.6 Å². The van der Waals surface area contributed by atoms with E-state index in [-0.39, 0.29) is 22.8 Å². The van der Waals surface area contributed by atoms with Crippen molar-refractivity contribution in [2.45, 2.75) is 12.7 Å². The Morgan fingerprint density at radius 1 is 1.00 bits per heavy atom. The number of rotatable bonds is 6. The Hall–Kier alpha value is -3.90. The van der Waals surface area contributed by atoms with Crippen LogP contribution < -0.4 is 10.6 Å². The maximum Gasteiger partial charge on any atom is 0.417 e. The van der Waals surface area contributed by atoms with E-state index in [0.717, 1.165) is 29.0 Å². The first-order chi connectivity index (χ1) is 16.7. The predicted molar refractivity (Wildman–Crippen MR) is 123 cm³/mol. The van der Waals surface area contributed by atoms with E-state index < -0.39 is 28.6 Å². The number of hydrogen-bond donors (Lipinski definition) is 2.